The zero-order valence-corrected chi connectivity index (χ0v) is 15.4. The Bertz CT molecular complexity index is 691. The quantitative estimate of drug-likeness (QED) is 0.674. The van der Waals surface area contributed by atoms with E-state index >= 15 is 0 Å². The molecule has 0 atom stereocenters. The molecule has 5 heteroatoms. The van der Waals surface area contributed by atoms with E-state index in [1.54, 1.807) is 18.2 Å². The van der Waals surface area contributed by atoms with Gasteiger partial charge in [0.1, 0.15) is 18.2 Å². The number of hydrogen-bond donors (Lipinski definition) is 1. The van der Waals surface area contributed by atoms with Gasteiger partial charge in [0.2, 0.25) is 5.91 Å². The maximum absolute atomic E-state index is 13.5. The molecule has 0 aliphatic heterocycles. The van der Waals surface area contributed by atoms with E-state index in [0.29, 0.717) is 36.1 Å². The first-order valence-electron chi connectivity index (χ1n) is 8.37. The predicted octanol–water partition coefficient (Wildman–Crippen LogP) is 4.38. The predicted molar refractivity (Wildman–Crippen MR) is 102 cm³/mol. The van der Waals surface area contributed by atoms with Gasteiger partial charge in [0, 0.05) is 5.75 Å². The molecule has 2 aromatic rings. The van der Waals surface area contributed by atoms with Crippen LogP contribution in [0.1, 0.15) is 30.9 Å². The highest BCUT2D eigenvalue weighted by Crippen LogP contribution is 2.25. The second-order valence-corrected chi connectivity index (χ2v) is 6.96. The molecule has 3 nitrogen and oxygen atoms in total. The van der Waals surface area contributed by atoms with Gasteiger partial charge in [-0.25, -0.2) is 4.39 Å². The Morgan fingerprint density at radius 2 is 1.88 bits per heavy atom. The van der Waals surface area contributed by atoms with Gasteiger partial charge in [0.25, 0.3) is 0 Å². The second-order valence-electron chi connectivity index (χ2n) is 5.98. The summed E-state index contributed by atoms with van der Waals surface area (Å²) in [5.41, 5.74) is 1.78. The molecule has 0 saturated heterocycles. The number of carbonyl (C=O) groups is 1. The Hall–Kier alpha value is -2.01. The van der Waals surface area contributed by atoms with E-state index in [1.165, 1.54) is 17.8 Å². The molecule has 0 aliphatic rings. The Balaban J connectivity index is 1.65. The van der Waals surface area contributed by atoms with Crippen LogP contribution in [0.4, 0.5) is 4.39 Å². The zero-order chi connectivity index (χ0) is 18.1. The number of carbonyl (C=O) groups excluding carboxylic acids is 1. The highest BCUT2D eigenvalue weighted by atomic mass is 32.2. The van der Waals surface area contributed by atoms with Crippen molar-refractivity contribution in [3.63, 3.8) is 0 Å². The van der Waals surface area contributed by atoms with Gasteiger partial charge in [-0.05, 0) is 29.2 Å². The third kappa shape index (κ3) is 6.42. The zero-order valence-electron chi connectivity index (χ0n) is 14.6. The standard InChI is InChI=1S/C20H24FNO2S/c1-15(2)17-8-4-6-10-19(17)24-12-11-22-20(23)14-25-13-16-7-3-5-9-18(16)21/h3-10,15H,11-14H2,1-2H3,(H,22,23). The first kappa shape index (κ1) is 19.3. The molecule has 0 unspecified atom stereocenters. The SMILES string of the molecule is CC(C)c1ccccc1OCCNC(=O)CSCc1ccccc1F. The van der Waals surface area contributed by atoms with Gasteiger partial charge >= 0.3 is 0 Å². The Labute approximate surface area is 153 Å². The highest BCUT2D eigenvalue weighted by Gasteiger charge is 2.07. The highest BCUT2D eigenvalue weighted by molar-refractivity contribution is 7.99. The van der Waals surface area contributed by atoms with Crippen LogP contribution in [0.3, 0.4) is 0 Å². The number of halogens is 1. The van der Waals surface area contributed by atoms with Crippen molar-refractivity contribution < 1.29 is 13.9 Å². The maximum Gasteiger partial charge on any atom is 0.230 e. The number of nitrogens with one attached hydrogen (secondary N) is 1. The lowest BCUT2D eigenvalue weighted by molar-refractivity contribution is -0.118. The molecular weight excluding hydrogens is 337 g/mol. The minimum absolute atomic E-state index is 0.0675. The van der Waals surface area contributed by atoms with Crippen LogP contribution in [0.15, 0.2) is 48.5 Å². The van der Waals surface area contributed by atoms with Crippen LogP contribution >= 0.6 is 11.8 Å². The number of rotatable bonds is 9. The third-order valence-corrected chi connectivity index (χ3v) is 4.65. The molecule has 2 rings (SSSR count). The smallest absolute Gasteiger partial charge is 0.230 e. The number of ether oxygens (including phenoxy) is 1. The Morgan fingerprint density at radius 3 is 2.64 bits per heavy atom. The lowest BCUT2D eigenvalue weighted by Crippen LogP contribution is -2.29. The first-order valence-corrected chi connectivity index (χ1v) is 9.53. The molecule has 0 saturated carbocycles. The van der Waals surface area contributed by atoms with Crippen molar-refractivity contribution in [2.45, 2.75) is 25.5 Å². The molecule has 0 heterocycles. The van der Waals surface area contributed by atoms with Crippen molar-refractivity contribution in [3.05, 3.63) is 65.5 Å². The normalized spacial score (nSPS) is 10.7. The molecule has 0 bridgehead atoms. The summed E-state index contributed by atoms with van der Waals surface area (Å²) in [5, 5.41) is 2.82. The summed E-state index contributed by atoms with van der Waals surface area (Å²) < 4.78 is 19.2. The van der Waals surface area contributed by atoms with Gasteiger partial charge < -0.3 is 10.1 Å². The van der Waals surface area contributed by atoms with Crippen LogP contribution in [-0.2, 0) is 10.5 Å². The van der Waals surface area contributed by atoms with Crippen molar-refractivity contribution in [2.75, 3.05) is 18.9 Å². The van der Waals surface area contributed by atoms with Crippen LogP contribution in [0.5, 0.6) is 5.75 Å². The van der Waals surface area contributed by atoms with E-state index in [0.717, 1.165) is 11.3 Å². The molecular formula is C20H24FNO2S. The molecule has 2 aromatic carbocycles. The number of amides is 1. The van der Waals surface area contributed by atoms with Crippen molar-refractivity contribution in [1.82, 2.24) is 5.32 Å². The summed E-state index contributed by atoms with van der Waals surface area (Å²) in [4.78, 5) is 11.8. The van der Waals surface area contributed by atoms with Crippen LogP contribution < -0.4 is 10.1 Å². The van der Waals surface area contributed by atoms with Crippen LogP contribution in [0.25, 0.3) is 0 Å². The topological polar surface area (TPSA) is 38.3 Å². The van der Waals surface area contributed by atoms with Crippen molar-refractivity contribution >= 4 is 17.7 Å². The number of benzene rings is 2. The summed E-state index contributed by atoms with van der Waals surface area (Å²) in [6.07, 6.45) is 0. The summed E-state index contributed by atoms with van der Waals surface area (Å²) in [7, 11) is 0. The molecule has 25 heavy (non-hydrogen) atoms. The van der Waals surface area contributed by atoms with E-state index < -0.39 is 0 Å². The summed E-state index contributed by atoms with van der Waals surface area (Å²) in [5.74, 6) is 1.74. The number of hydrogen-bond acceptors (Lipinski definition) is 3. The van der Waals surface area contributed by atoms with Crippen LogP contribution in [0.2, 0.25) is 0 Å². The molecule has 1 N–H and O–H groups in total. The first-order chi connectivity index (χ1) is 12.1. The van der Waals surface area contributed by atoms with Gasteiger partial charge in [0.05, 0.1) is 12.3 Å². The average Bonchev–Trinajstić information content (AvgIpc) is 2.60. The number of thioether (sulfide) groups is 1. The summed E-state index contributed by atoms with van der Waals surface area (Å²) in [6, 6.07) is 14.6. The number of para-hydroxylation sites is 1. The van der Waals surface area contributed by atoms with Gasteiger partial charge in [-0.1, -0.05) is 50.2 Å². The maximum atomic E-state index is 13.5. The minimum atomic E-state index is -0.229. The average molecular weight is 361 g/mol. The molecule has 0 aliphatic carbocycles. The summed E-state index contributed by atoms with van der Waals surface area (Å²) in [6.45, 7) is 5.12. The van der Waals surface area contributed by atoms with E-state index in [-0.39, 0.29) is 11.7 Å². The van der Waals surface area contributed by atoms with Gasteiger partial charge in [0.15, 0.2) is 0 Å². The molecule has 0 radical (unpaired) electrons. The third-order valence-electron chi connectivity index (χ3n) is 3.67. The second kappa shape index (κ2) is 10.1. The molecule has 0 spiro atoms. The van der Waals surface area contributed by atoms with Crippen molar-refractivity contribution in [3.8, 4) is 5.75 Å². The molecule has 0 fully saturated rings. The molecule has 1 amide bonds. The summed E-state index contributed by atoms with van der Waals surface area (Å²) >= 11 is 1.40. The lowest BCUT2D eigenvalue weighted by Gasteiger charge is -2.14. The Morgan fingerprint density at radius 1 is 1.16 bits per heavy atom. The van der Waals surface area contributed by atoms with Crippen molar-refractivity contribution in [1.29, 1.82) is 0 Å². The van der Waals surface area contributed by atoms with E-state index in [9.17, 15) is 9.18 Å². The van der Waals surface area contributed by atoms with Gasteiger partial charge in [-0.2, -0.15) is 0 Å². The minimum Gasteiger partial charge on any atom is -0.491 e. The van der Waals surface area contributed by atoms with Crippen LogP contribution in [-0.4, -0.2) is 24.8 Å². The monoisotopic (exact) mass is 361 g/mol. The van der Waals surface area contributed by atoms with E-state index in [4.69, 9.17) is 4.74 Å². The largest absolute Gasteiger partial charge is 0.491 e. The van der Waals surface area contributed by atoms with E-state index in [2.05, 4.69) is 25.2 Å². The van der Waals surface area contributed by atoms with Crippen LogP contribution in [0, 0.1) is 5.82 Å². The fourth-order valence-electron chi connectivity index (χ4n) is 2.36. The van der Waals surface area contributed by atoms with Gasteiger partial charge in [-0.3, -0.25) is 4.79 Å². The Kier molecular flexibility index (Phi) is 7.79. The van der Waals surface area contributed by atoms with Crippen molar-refractivity contribution in [2.24, 2.45) is 0 Å². The fourth-order valence-corrected chi connectivity index (χ4v) is 3.20. The molecule has 134 valence electrons. The van der Waals surface area contributed by atoms with Gasteiger partial charge in [-0.15, -0.1) is 11.8 Å². The lowest BCUT2D eigenvalue weighted by atomic mass is 10.0. The van der Waals surface area contributed by atoms with E-state index in [1.807, 2.05) is 18.2 Å². The molecule has 0 aromatic heterocycles. The fraction of sp³-hybridized carbons (Fsp3) is 0.350.